The Morgan fingerprint density at radius 2 is 1.95 bits per heavy atom. The first-order chi connectivity index (χ1) is 9.70. The average Bonchev–Trinajstić information content (AvgIpc) is 2.38. The highest BCUT2D eigenvalue weighted by molar-refractivity contribution is 5.80. The van der Waals surface area contributed by atoms with Gasteiger partial charge in [0.2, 0.25) is 11.8 Å². The van der Waals surface area contributed by atoms with Crippen LogP contribution in [0.4, 0.5) is 0 Å². The summed E-state index contributed by atoms with van der Waals surface area (Å²) in [5.41, 5.74) is 0. The van der Waals surface area contributed by atoms with Crippen LogP contribution in [0.5, 0.6) is 0 Å². The van der Waals surface area contributed by atoms with Gasteiger partial charge in [0.1, 0.15) is 0 Å². The third kappa shape index (κ3) is 4.16. The third-order valence-electron chi connectivity index (χ3n) is 3.81. The van der Waals surface area contributed by atoms with Gasteiger partial charge in [0.05, 0.1) is 19.1 Å². The Morgan fingerprint density at radius 1 is 1.25 bits per heavy atom. The van der Waals surface area contributed by atoms with Crippen molar-refractivity contribution < 1.29 is 14.3 Å². The molecular weight excluding hydrogens is 260 g/mol. The topological polar surface area (TPSA) is 73.9 Å². The molecule has 0 bridgehead atoms. The van der Waals surface area contributed by atoms with E-state index in [-0.39, 0.29) is 17.7 Å². The summed E-state index contributed by atoms with van der Waals surface area (Å²) in [4.78, 5) is 27.7. The van der Waals surface area contributed by atoms with Gasteiger partial charge < -0.3 is 20.3 Å². The van der Waals surface area contributed by atoms with Crippen molar-refractivity contribution in [3.63, 3.8) is 0 Å². The fourth-order valence-electron chi connectivity index (χ4n) is 2.40. The van der Waals surface area contributed by atoms with Gasteiger partial charge in [-0.05, 0) is 0 Å². The molecule has 0 spiro atoms. The van der Waals surface area contributed by atoms with Gasteiger partial charge in [0, 0.05) is 52.9 Å². The summed E-state index contributed by atoms with van der Waals surface area (Å²) in [5.74, 6) is 0.442. The number of piperazine rings is 1. The molecular formula is C13H24N4O3. The van der Waals surface area contributed by atoms with Crippen LogP contribution in [0.25, 0.3) is 0 Å². The lowest BCUT2D eigenvalue weighted by atomic mass is 10.0. The van der Waals surface area contributed by atoms with E-state index < -0.39 is 0 Å². The largest absolute Gasteiger partial charge is 0.383 e. The minimum Gasteiger partial charge on any atom is -0.383 e. The van der Waals surface area contributed by atoms with Crippen molar-refractivity contribution in [3.8, 4) is 0 Å². The molecule has 2 aliphatic rings. The maximum atomic E-state index is 12.1. The van der Waals surface area contributed by atoms with Gasteiger partial charge in [-0.15, -0.1) is 0 Å². The zero-order valence-electron chi connectivity index (χ0n) is 12.1. The summed E-state index contributed by atoms with van der Waals surface area (Å²) in [6.07, 6.45) is 0. The summed E-state index contributed by atoms with van der Waals surface area (Å²) >= 11 is 0. The number of nitrogens with zero attached hydrogens (tertiary/aromatic N) is 2. The van der Waals surface area contributed by atoms with E-state index in [0.717, 1.165) is 39.3 Å². The summed E-state index contributed by atoms with van der Waals surface area (Å²) in [7, 11) is 1.61. The van der Waals surface area contributed by atoms with E-state index >= 15 is 0 Å². The Balaban J connectivity index is 1.63. The van der Waals surface area contributed by atoms with E-state index in [1.165, 1.54) is 0 Å². The Labute approximate surface area is 119 Å². The zero-order valence-corrected chi connectivity index (χ0v) is 12.1. The van der Waals surface area contributed by atoms with Crippen molar-refractivity contribution in [2.45, 2.75) is 0 Å². The number of ether oxygens (including phenoxy) is 1. The second-order valence-corrected chi connectivity index (χ2v) is 5.30. The molecule has 2 rings (SSSR count). The van der Waals surface area contributed by atoms with E-state index in [2.05, 4.69) is 15.5 Å². The van der Waals surface area contributed by atoms with Crippen molar-refractivity contribution in [1.82, 2.24) is 20.4 Å². The predicted octanol–water partition coefficient (Wildman–Crippen LogP) is -1.89. The molecule has 0 aromatic carbocycles. The first kappa shape index (κ1) is 15.2. The molecule has 2 heterocycles. The van der Waals surface area contributed by atoms with Crippen LogP contribution in [0, 0.1) is 5.92 Å². The molecule has 0 aromatic heterocycles. The number of nitrogens with one attached hydrogen (secondary N) is 2. The van der Waals surface area contributed by atoms with Crippen molar-refractivity contribution in [1.29, 1.82) is 0 Å². The number of rotatable bonds is 6. The quantitative estimate of drug-likeness (QED) is 0.558. The average molecular weight is 284 g/mol. The summed E-state index contributed by atoms with van der Waals surface area (Å²) < 4.78 is 4.88. The minimum absolute atomic E-state index is 0.0185. The van der Waals surface area contributed by atoms with E-state index in [4.69, 9.17) is 4.74 Å². The first-order valence-electron chi connectivity index (χ1n) is 7.18. The molecule has 2 aliphatic heterocycles. The lowest BCUT2D eigenvalue weighted by molar-refractivity contribution is -0.139. The smallest absolute Gasteiger partial charge is 0.234 e. The van der Waals surface area contributed by atoms with Gasteiger partial charge in [-0.1, -0.05) is 0 Å². The second kappa shape index (κ2) is 7.56. The maximum Gasteiger partial charge on any atom is 0.234 e. The molecule has 0 saturated carbocycles. The van der Waals surface area contributed by atoms with Crippen LogP contribution in [0.15, 0.2) is 0 Å². The molecule has 7 nitrogen and oxygen atoms in total. The molecule has 114 valence electrons. The summed E-state index contributed by atoms with van der Waals surface area (Å²) in [6.45, 7) is 6.07. The van der Waals surface area contributed by atoms with Crippen LogP contribution < -0.4 is 10.6 Å². The molecule has 7 heteroatoms. The van der Waals surface area contributed by atoms with Gasteiger partial charge in [0.15, 0.2) is 0 Å². The monoisotopic (exact) mass is 284 g/mol. The van der Waals surface area contributed by atoms with Crippen molar-refractivity contribution in [2.75, 3.05) is 66.1 Å². The molecule has 0 atom stereocenters. The predicted molar refractivity (Wildman–Crippen MR) is 74.3 cm³/mol. The lowest BCUT2D eigenvalue weighted by Gasteiger charge is -2.38. The van der Waals surface area contributed by atoms with Gasteiger partial charge >= 0.3 is 0 Å². The Bertz CT molecular complexity index is 339. The fraction of sp³-hybridized carbons (Fsp3) is 0.846. The molecule has 2 amide bonds. The van der Waals surface area contributed by atoms with Crippen LogP contribution in [0.1, 0.15) is 0 Å². The molecule has 0 radical (unpaired) electrons. The van der Waals surface area contributed by atoms with Crippen molar-refractivity contribution >= 4 is 11.8 Å². The molecule has 2 N–H and O–H groups in total. The molecule has 20 heavy (non-hydrogen) atoms. The van der Waals surface area contributed by atoms with Crippen LogP contribution in [-0.4, -0.2) is 87.7 Å². The molecule has 0 aliphatic carbocycles. The SMILES string of the molecule is COCCNC(=O)CN1CCN(C(=O)C2CNC2)CC1. The van der Waals surface area contributed by atoms with Gasteiger partial charge in [0.25, 0.3) is 0 Å². The number of amides is 2. The molecule has 0 unspecified atom stereocenters. The Hall–Kier alpha value is -1.18. The normalized spacial score (nSPS) is 20.6. The van der Waals surface area contributed by atoms with E-state index in [1.807, 2.05) is 4.90 Å². The Morgan fingerprint density at radius 3 is 2.50 bits per heavy atom. The van der Waals surface area contributed by atoms with Crippen LogP contribution in [-0.2, 0) is 14.3 Å². The minimum atomic E-state index is 0.0185. The highest BCUT2D eigenvalue weighted by Crippen LogP contribution is 2.10. The number of hydrogen-bond donors (Lipinski definition) is 2. The van der Waals surface area contributed by atoms with Crippen molar-refractivity contribution in [2.24, 2.45) is 5.92 Å². The van der Waals surface area contributed by atoms with Crippen LogP contribution in [0.2, 0.25) is 0 Å². The summed E-state index contributed by atoms with van der Waals surface area (Å²) in [6, 6.07) is 0. The highest BCUT2D eigenvalue weighted by atomic mass is 16.5. The number of carbonyl (C=O) groups excluding carboxylic acids is 2. The highest BCUT2D eigenvalue weighted by Gasteiger charge is 2.31. The lowest BCUT2D eigenvalue weighted by Crippen LogP contribution is -2.57. The zero-order chi connectivity index (χ0) is 14.4. The fourth-order valence-corrected chi connectivity index (χ4v) is 2.40. The molecule has 2 fully saturated rings. The van der Waals surface area contributed by atoms with Gasteiger partial charge in [-0.2, -0.15) is 0 Å². The first-order valence-corrected chi connectivity index (χ1v) is 7.18. The molecule has 0 aromatic rings. The van der Waals surface area contributed by atoms with Gasteiger partial charge in [-0.3, -0.25) is 14.5 Å². The van der Waals surface area contributed by atoms with E-state index in [0.29, 0.717) is 19.7 Å². The van der Waals surface area contributed by atoms with Crippen LogP contribution >= 0.6 is 0 Å². The van der Waals surface area contributed by atoms with Gasteiger partial charge in [-0.25, -0.2) is 0 Å². The Kier molecular flexibility index (Phi) is 5.75. The molecule has 2 saturated heterocycles. The number of hydrogen-bond acceptors (Lipinski definition) is 5. The van der Waals surface area contributed by atoms with E-state index in [1.54, 1.807) is 7.11 Å². The van der Waals surface area contributed by atoms with Crippen molar-refractivity contribution in [3.05, 3.63) is 0 Å². The maximum absolute atomic E-state index is 12.1. The standard InChI is InChI=1S/C13H24N4O3/c1-20-7-2-15-12(18)10-16-3-5-17(6-4-16)13(19)11-8-14-9-11/h11,14H,2-10H2,1H3,(H,15,18). The van der Waals surface area contributed by atoms with E-state index in [9.17, 15) is 9.59 Å². The second-order valence-electron chi connectivity index (χ2n) is 5.30. The summed E-state index contributed by atoms with van der Waals surface area (Å²) in [5, 5.41) is 5.93. The number of carbonyl (C=O) groups is 2. The van der Waals surface area contributed by atoms with Crippen LogP contribution in [0.3, 0.4) is 0 Å². The third-order valence-corrected chi connectivity index (χ3v) is 3.81. The number of methoxy groups -OCH3 is 1.